The van der Waals surface area contributed by atoms with Gasteiger partial charge >= 0.3 is 5.97 Å². The molecule has 27 heavy (non-hydrogen) atoms. The molecule has 0 unspecified atom stereocenters. The van der Waals surface area contributed by atoms with Crippen molar-refractivity contribution in [3.63, 3.8) is 0 Å². The summed E-state index contributed by atoms with van der Waals surface area (Å²) in [4.78, 5) is 23.9. The van der Waals surface area contributed by atoms with Crippen molar-refractivity contribution in [1.82, 2.24) is 4.57 Å². The molecule has 1 atom stereocenters. The second kappa shape index (κ2) is 5.87. The van der Waals surface area contributed by atoms with E-state index in [4.69, 9.17) is 9.47 Å². The lowest BCUT2D eigenvalue weighted by Gasteiger charge is -2.40. The van der Waals surface area contributed by atoms with E-state index in [9.17, 15) is 14.7 Å². The smallest absolute Gasteiger partial charge is 0.341 e. The summed E-state index contributed by atoms with van der Waals surface area (Å²) in [5, 5.41) is 9.40. The Hall–Kier alpha value is -2.76. The first-order chi connectivity index (χ1) is 12.7. The maximum absolute atomic E-state index is 12.4. The largest absolute Gasteiger partial charge is 0.486 e. The monoisotopic (exact) mass is 369 g/mol. The van der Waals surface area contributed by atoms with Crippen LogP contribution in [-0.4, -0.2) is 28.9 Å². The van der Waals surface area contributed by atoms with E-state index in [2.05, 4.69) is 20.8 Å². The predicted molar refractivity (Wildman–Crippen MR) is 101 cm³/mol. The molecular weight excluding hydrogens is 346 g/mol. The number of hydrogen-bond acceptors (Lipinski definition) is 4. The van der Waals surface area contributed by atoms with Crippen LogP contribution < -0.4 is 14.9 Å². The molecule has 1 aromatic heterocycles. The number of rotatable bonds is 1. The van der Waals surface area contributed by atoms with Crippen molar-refractivity contribution in [3.05, 3.63) is 45.2 Å². The van der Waals surface area contributed by atoms with Crippen molar-refractivity contribution in [2.24, 2.45) is 5.41 Å². The maximum Gasteiger partial charge on any atom is 0.341 e. The van der Waals surface area contributed by atoms with Gasteiger partial charge in [-0.15, -0.1) is 0 Å². The number of pyridine rings is 1. The van der Waals surface area contributed by atoms with E-state index in [0.29, 0.717) is 19.6 Å². The van der Waals surface area contributed by atoms with E-state index in [1.54, 1.807) is 0 Å². The van der Waals surface area contributed by atoms with Gasteiger partial charge in [0.1, 0.15) is 18.8 Å². The quantitative estimate of drug-likeness (QED) is 0.833. The van der Waals surface area contributed by atoms with E-state index >= 15 is 0 Å². The van der Waals surface area contributed by atoms with Crippen molar-refractivity contribution in [3.8, 4) is 22.8 Å². The minimum Gasteiger partial charge on any atom is -0.486 e. The Balaban J connectivity index is 2.05. The molecule has 2 aliphatic rings. The molecule has 2 aromatic rings. The molecule has 142 valence electrons. The number of aromatic nitrogens is 1. The Bertz CT molecular complexity index is 1010. The average molecular weight is 369 g/mol. The van der Waals surface area contributed by atoms with Gasteiger partial charge in [0.25, 0.3) is 0 Å². The summed E-state index contributed by atoms with van der Waals surface area (Å²) in [5.41, 5.74) is 2.77. The first kappa shape index (κ1) is 17.6. The molecule has 0 saturated carbocycles. The van der Waals surface area contributed by atoms with Gasteiger partial charge in [0, 0.05) is 29.4 Å². The molecule has 6 nitrogen and oxygen atoms in total. The lowest BCUT2D eigenvalue weighted by atomic mass is 9.78. The van der Waals surface area contributed by atoms with Gasteiger partial charge in [0.15, 0.2) is 16.9 Å². The molecule has 0 fully saturated rings. The number of aromatic carboxylic acids is 1. The lowest BCUT2D eigenvalue weighted by Crippen LogP contribution is -2.33. The normalized spacial score (nSPS) is 17.9. The molecule has 0 amide bonds. The van der Waals surface area contributed by atoms with Crippen molar-refractivity contribution in [2.75, 3.05) is 13.2 Å². The van der Waals surface area contributed by atoms with Crippen LogP contribution in [0.1, 0.15) is 48.3 Å². The molecule has 0 spiro atoms. The minimum absolute atomic E-state index is 0.0176. The number of ether oxygens (including phenoxy) is 2. The standard InChI is InChI=1S/C21H23NO5/c1-11-7-12-13(19-18(11)26-5-6-27-19)8-17(21(2,3)4)22-10-14(20(24)25)16(23)9-15(12)22/h7,9-10,17H,5-6,8H2,1-4H3,(H,24,25)/t17-/m0/s1. The number of fused-ring (bicyclic) bond motifs is 5. The van der Waals surface area contributed by atoms with Crippen molar-refractivity contribution in [1.29, 1.82) is 0 Å². The van der Waals surface area contributed by atoms with Gasteiger partial charge in [0.2, 0.25) is 0 Å². The van der Waals surface area contributed by atoms with Crippen molar-refractivity contribution >= 4 is 5.97 Å². The van der Waals surface area contributed by atoms with Gasteiger partial charge in [-0.2, -0.15) is 0 Å². The van der Waals surface area contributed by atoms with E-state index in [0.717, 1.165) is 33.9 Å². The SMILES string of the molecule is Cc1cc2c(c3c1OCCO3)C[C@@H](C(C)(C)C)n1cc(C(=O)O)c(=O)cc1-2. The van der Waals surface area contributed by atoms with Gasteiger partial charge in [-0.1, -0.05) is 20.8 Å². The highest BCUT2D eigenvalue weighted by atomic mass is 16.6. The Kier molecular flexibility index (Phi) is 3.84. The van der Waals surface area contributed by atoms with Gasteiger partial charge in [-0.3, -0.25) is 4.79 Å². The molecule has 1 aromatic carbocycles. The Morgan fingerprint density at radius 1 is 1.19 bits per heavy atom. The number of hydrogen-bond donors (Lipinski definition) is 1. The Morgan fingerprint density at radius 2 is 1.85 bits per heavy atom. The summed E-state index contributed by atoms with van der Waals surface area (Å²) in [6.07, 6.45) is 2.17. The molecule has 3 heterocycles. The molecule has 4 rings (SSSR count). The van der Waals surface area contributed by atoms with Crippen LogP contribution in [0.25, 0.3) is 11.3 Å². The number of aryl methyl sites for hydroxylation is 1. The number of carboxylic acids is 1. The van der Waals surface area contributed by atoms with Crippen LogP contribution in [0, 0.1) is 12.3 Å². The van der Waals surface area contributed by atoms with Crippen molar-refractivity contribution < 1.29 is 19.4 Å². The van der Waals surface area contributed by atoms with Crippen LogP contribution in [0.4, 0.5) is 0 Å². The highest BCUT2D eigenvalue weighted by Gasteiger charge is 2.36. The molecule has 0 bridgehead atoms. The van der Waals surface area contributed by atoms with Gasteiger partial charge < -0.3 is 19.1 Å². The van der Waals surface area contributed by atoms with Crippen LogP contribution in [0.2, 0.25) is 0 Å². The molecular formula is C21H23NO5. The summed E-state index contributed by atoms with van der Waals surface area (Å²) in [6.45, 7) is 9.31. The topological polar surface area (TPSA) is 77.8 Å². The van der Waals surface area contributed by atoms with Crippen LogP contribution in [0.3, 0.4) is 0 Å². The second-order valence-electron chi connectivity index (χ2n) is 8.31. The zero-order valence-electron chi connectivity index (χ0n) is 16.0. The second-order valence-corrected chi connectivity index (χ2v) is 8.31. The van der Waals surface area contributed by atoms with Crippen LogP contribution in [0.5, 0.6) is 11.5 Å². The fraction of sp³-hybridized carbons (Fsp3) is 0.429. The van der Waals surface area contributed by atoms with Crippen molar-refractivity contribution in [2.45, 2.75) is 40.2 Å². The molecule has 2 aliphatic heterocycles. The molecule has 0 aliphatic carbocycles. The summed E-state index contributed by atoms with van der Waals surface area (Å²) in [7, 11) is 0. The number of nitrogens with zero attached hydrogens (tertiary/aromatic N) is 1. The third kappa shape index (κ3) is 2.71. The highest BCUT2D eigenvalue weighted by molar-refractivity contribution is 5.88. The Labute approximate surface area is 157 Å². The number of carboxylic acid groups (broad SMARTS) is 1. The van der Waals surface area contributed by atoms with Gasteiger partial charge in [0.05, 0.1) is 5.69 Å². The molecule has 6 heteroatoms. The first-order valence-corrected chi connectivity index (χ1v) is 9.10. The summed E-state index contributed by atoms with van der Waals surface area (Å²) in [6, 6.07) is 3.43. The minimum atomic E-state index is -1.20. The van der Waals surface area contributed by atoms with Crippen LogP contribution >= 0.6 is 0 Å². The predicted octanol–water partition coefficient (Wildman–Crippen LogP) is 3.44. The van der Waals surface area contributed by atoms with E-state index < -0.39 is 11.4 Å². The van der Waals surface area contributed by atoms with Crippen LogP contribution in [-0.2, 0) is 6.42 Å². The zero-order valence-corrected chi connectivity index (χ0v) is 16.0. The maximum atomic E-state index is 12.4. The third-order valence-corrected chi connectivity index (χ3v) is 5.42. The number of carbonyl (C=O) groups is 1. The summed E-state index contributed by atoms with van der Waals surface area (Å²) >= 11 is 0. The lowest BCUT2D eigenvalue weighted by molar-refractivity contribution is 0.0693. The van der Waals surface area contributed by atoms with E-state index in [1.807, 2.05) is 17.6 Å². The van der Waals surface area contributed by atoms with Gasteiger partial charge in [-0.05, 0) is 30.4 Å². The summed E-state index contributed by atoms with van der Waals surface area (Å²) in [5.74, 6) is 0.323. The highest BCUT2D eigenvalue weighted by Crippen LogP contribution is 2.49. The number of benzene rings is 1. The Morgan fingerprint density at radius 3 is 2.48 bits per heavy atom. The molecule has 0 saturated heterocycles. The third-order valence-electron chi connectivity index (χ3n) is 5.42. The average Bonchev–Trinajstić information content (AvgIpc) is 2.60. The fourth-order valence-corrected chi connectivity index (χ4v) is 4.06. The summed E-state index contributed by atoms with van der Waals surface area (Å²) < 4.78 is 13.7. The molecule has 0 radical (unpaired) electrons. The molecule has 1 N–H and O–H groups in total. The zero-order chi connectivity index (χ0) is 19.5. The fourth-order valence-electron chi connectivity index (χ4n) is 4.06. The van der Waals surface area contributed by atoms with E-state index in [1.165, 1.54) is 12.3 Å². The van der Waals surface area contributed by atoms with Gasteiger partial charge in [-0.25, -0.2) is 4.79 Å². The first-order valence-electron chi connectivity index (χ1n) is 9.10. The van der Waals surface area contributed by atoms with Crippen LogP contribution in [0.15, 0.2) is 23.1 Å². The van der Waals surface area contributed by atoms with E-state index in [-0.39, 0.29) is 17.0 Å².